The fourth-order valence-electron chi connectivity index (χ4n) is 2.37. The number of alkyl halides is 3. The van der Waals surface area contributed by atoms with Crippen molar-refractivity contribution in [3.8, 4) is 5.75 Å². The zero-order chi connectivity index (χ0) is 18.8. The average Bonchev–Trinajstić information content (AvgIpc) is 2.45. The van der Waals surface area contributed by atoms with Gasteiger partial charge in [0.25, 0.3) is 6.43 Å². The summed E-state index contributed by atoms with van der Waals surface area (Å²) in [7, 11) is 0. The van der Waals surface area contributed by atoms with Crippen molar-refractivity contribution in [2.75, 3.05) is 19.8 Å². The molecule has 4 nitrogen and oxygen atoms in total. The number of likely N-dealkylation sites (tertiary alicyclic amines) is 1. The maximum atomic E-state index is 12.9. The molecule has 0 aromatic heterocycles. The molecule has 7 heteroatoms. The monoisotopic (exact) mass is 359 g/mol. The second-order valence-corrected chi connectivity index (χ2v) is 7.50. The Morgan fingerprint density at radius 2 is 1.76 bits per heavy atom. The van der Waals surface area contributed by atoms with Gasteiger partial charge < -0.3 is 14.4 Å². The van der Waals surface area contributed by atoms with Crippen molar-refractivity contribution in [2.24, 2.45) is 0 Å². The summed E-state index contributed by atoms with van der Waals surface area (Å²) in [4.78, 5) is 13.5. The van der Waals surface area contributed by atoms with Gasteiger partial charge in [0.1, 0.15) is 18.0 Å². The first-order valence-electron chi connectivity index (χ1n) is 8.15. The summed E-state index contributed by atoms with van der Waals surface area (Å²) in [5.74, 6) is 0.344. The van der Waals surface area contributed by atoms with E-state index in [4.69, 9.17) is 9.47 Å². The first-order chi connectivity index (χ1) is 11.5. The summed E-state index contributed by atoms with van der Waals surface area (Å²) >= 11 is 0. The Kier molecular flexibility index (Phi) is 5.54. The highest BCUT2D eigenvalue weighted by Crippen LogP contribution is 2.31. The van der Waals surface area contributed by atoms with Gasteiger partial charge in [-0.25, -0.2) is 18.0 Å². The summed E-state index contributed by atoms with van der Waals surface area (Å²) in [6.07, 6.45) is -3.27. The molecule has 1 aliphatic rings. The molecule has 1 aromatic carbocycles. The molecular weight excluding hydrogens is 335 g/mol. The lowest BCUT2D eigenvalue weighted by atomic mass is 9.92. The third kappa shape index (κ3) is 4.80. The summed E-state index contributed by atoms with van der Waals surface area (Å²) in [6.45, 7) is 6.27. The highest BCUT2D eigenvalue weighted by Gasteiger charge is 2.38. The van der Waals surface area contributed by atoms with Gasteiger partial charge in [0.05, 0.1) is 0 Å². The Hall–Kier alpha value is -1.92. The Balaban J connectivity index is 1.91. The van der Waals surface area contributed by atoms with Crippen LogP contribution in [-0.4, -0.2) is 48.4 Å². The van der Waals surface area contributed by atoms with Gasteiger partial charge in [0, 0.05) is 19.0 Å². The van der Waals surface area contributed by atoms with Crippen molar-refractivity contribution < 1.29 is 27.4 Å². The predicted molar refractivity (Wildman–Crippen MR) is 88.0 cm³/mol. The fourth-order valence-corrected chi connectivity index (χ4v) is 2.37. The number of carbonyl (C=O) groups is 1. The highest BCUT2D eigenvalue weighted by molar-refractivity contribution is 5.69. The molecule has 2 rings (SSSR count). The number of benzene rings is 1. The van der Waals surface area contributed by atoms with Crippen LogP contribution in [0.1, 0.15) is 39.2 Å². The molecule has 1 aliphatic heterocycles. The summed E-state index contributed by atoms with van der Waals surface area (Å²) in [5.41, 5.74) is -1.72. The Morgan fingerprint density at radius 3 is 2.20 bits per heavy atom. The number of hydrogen-bond donors (Lipinski definition) is 0. The number of halogens is 3. The molecule has 1 atom stereocenters. The normalized spacial score (nSPS) is 17.8. The van der Waals surface area contributed by atoms with Gasteiger partial charge in [-0.15, -0.1) is 0 Å². The van der Waals surface area contributed by atoms with Gasteiger partial charge in [-0.1, -0.05) is 12.1 Å². The molecule has 0 bridgehead atoms. The van der Waals surface area contributed by atoms with Crippen molar-refractivity contribution in [3.63, 3.8) is 0 Å². The number of hydrogen-bond acceptors (Lipinski definition) is 3. The van der Waals surface area contributed by atoms with Crippen molar-refractivity contribution in [1.29, 1.82) is 0 Å². The van der Waals surface area contributed by atoms with Crippen LogP contribution in [0.5, 0.6) is 5.75 Å². The number of amides is 1. The third-order valence-corrected chi connectivity index (χ3v) is 3.96. The number of ether oxygens (including phenoxy) is 2. The highest BCUT2D eigenvalue weighted by atomic mass is 19.3. The van der Waals surface area contributed by atoms with Crippen LogP contribution in [-0.2, 0) is 4.74 Å². The molecule has 0 radical (unpaired) electrons. The maximum absolute atomic E-state index is 12.9. The summed E-state index contributed by atoms with van der Waals surface area (Å²) < 4.78 is 49.0. The third-order valence-electron chi connectivity index (χ3n) is 3.96. The number of rotatable bonds is 5. The molecular formula is C18H24F3NO3. The van der Waals surface area contributed by atoms with E-state index in [0.717, 1.165) is 12.5 Å². The van der Waals surface area contributed by atoms with Gasteiger partial charge in [-0.2, -0.15) is 0 Å². The minimum Gasteiger partial charge on any atom is -0.479 e. The molecule has 1 unspecified atom stereocenters. The fraction of sp³-hybridized carbons (Fsp3) is 0.611. The second kappa shape index (κ2) is 7.14. The number of nitrogens with zero attached hydrogens (tertiary/aromatic N) is 1. The Bertz CT molecular complexity index is 595. The van der Waals surface area contributed by atoms with Crippen LogP contribution in [0.2, 0.25) is 0 Å². The van der Waals surface area contributed by atoms with Crippen LogP contribution < -0.4 is 4.74 Å². The van der Waals surface area contributed by atoms with Crippen LogP contribution in [0, 0.1) is 0 Å². The van der Waals surface area contributed by atoms with Gasteiger partial charge in [-0.05, 0) is 45.4 Å². The lowest BCUT2D eigenvalue weighted by Gasteiger charge is -2.40. The van der Waals surface area contributed by atoms with E-state index in [1.54, 1.807) is 29.2 Å². The standard InChI is InChI=1S/C18H24F3NO3/c1-17(2,3)25-16(23)22-9-13(10-22)12-5-7-14(8-6-12)24-18(4,11-19)15(20)21/h5-8,13,15H,9-11H2,1-4H3. The topological polar surface area (TPSA) is 38.8 Å². The molecule has 25 heavy (non-hydrogen) atoms. The van der Waals surface area contributed by atoms with E-state index >= 15 is 0 Å². The van der Waals surface area contributed by atoms with Crippen LogP contribution >= 0.6 is 0 Å². The van der Waals surface area contributed by atoms with Crippen molar-refractivity contribution in [2.45, 2.75) is 51.2 Å². The smallest absolute Gasteiger partial charge is 0.410 e. The molecule has 0 N–H and O–H groups in total. The van der Waals surface area contributed by atoms with Crippen molar-refractivity contribution in [3.05, 3.63) is 29.8 Å². The first-order valence-corrected chi connectivity index (χ1v) is 8.15. The molecule has 140 valence electrons. The zero-order valence-corrected chi connectivity index (χ0v) is 14.9. The van der Waals surface area contributed by atoms with Gasteiger partial charge in [0.15, 0.2) is 5.60 Å². The van der Waals surface area contributed by atoms with Crippen LogP contribution in [0.4, 0.5) is 18.0 Å². The average molecular weight is 359 g/mol. The molecule has 0 aliphatic carbocycles. The molecule has 1 fully saturated rings. The van der Waals surface area contributed by atoms with E-state index < -0.39 is 24.3 Å². The quantitative estimate of drug-likeness (QED) is 0.782. The van der Waals surface area contributed by atoms with Crippen LogP contribution in [0.3, 0.4) is 0 Å². The van der Waals surface area contributed by atoms with Crippen LogP contribution in [0.25, 0.3) is 0 Å². The van der Waals surface area contributed by atoms with E-state index in [2.05, 4.69) is 0 Å². The predicted octanol–water partition coefficient (Wildman–Crippen LogP) is 4.39. The summed E-state index contributed by atoms with van der Waals surface area (Å²) in [6, 6.07) is 6.58. The van der Waals surface area contributed by atoms with E-state index in [0.29, 0.717) is 13.1 Å². The Morgan fingerprint density at radius 1 is 1.20 bits per heavy atom. The Labute approximate surface area is 145 Å². The van der Waals surface area contributed by atoms with Gasteiger partial charge >= 0.3 is 6.09 Å². The van der Waals surface area contributed by atoms with E-state index in [-0.39, 0.29) is 17.8 Å². The van der Waals surface area contributed by atoms with E-state index in [1.165, 1.54) is 0 Å². The zero-order valence-electron chi connectivity index (χ0n) is 14.9. The molecule has 1 amide bonds. The largest absolute Gasteiger partial charge is 0.479 e. The van der Waals surface area contributed by atoms with Crippen molar-refractivity contribution >= 4 is 6.09 Å². The summed E-state index contributed by atoms with van der Waals surface area (Å²) in [5, 5.41) is 0. The van der Waals surface area contributed by atoms with E-state index in [9.17, 15) is 18.0 Å². The SMILES string of the molecule is CC(C)(C)OC(=O)N1CC(c2ccc(OC(C)(CF)C(F)F)cc2)C1. The first kappa shape index (κ1) is 19.4. The minimum absolute atomic E-state index is 0.157. The minimum atomic E-state index is -2.92. The van der Waals surface area contributed by atoms with Gasteiger partial charge in [0.2, 0.25) is 0 Å². The number of carbonyl (C=O) groups excluding carboxylic acids is 1. The maximum Gasteiger partial charge on any atom is 0.410 e. The van der Waals surface area contributed by atoms with Crippen LogP contribution in [0.15, 0.2) is 24.3 Å². The van der Waals surface area contributed by atoms with Gasteiger partial charge in [-0.3, -0.25) is 0 Å². The van der Waals surface area contributed by atoms with Crippen molar-refractivity contribution in [1.82, 2.24) is 4.90 Å². The lowest BCUT2D eigenvalue weighted by Crippen LogP contribution is -2.50. The van der Waals surface area contributed by atoms with E-state index in [1.807, 2.05) is 20.8 Å². The lowest BCUT2D eigenvalue weighted by molar-refractivity contribution is -0.0764. The molecule has 1 saturated heterocycles. The molecule has 1 heterocycles. The molecule has 0 spiro atoms. The molecule has 0 saturated carbocycles. The molecule has 1 aromatic rings. The second-order valence-electron chi connectivity index (χ2n) is 7.50.